The van der Waals surface area contributed by atoms with Crippen molar-refractivity contribution < 1.29 is 19.5 Å². The van der Waals surface area contributed by atoms with Crippen LogP contribution in [0.15, 0.2) is 72.8 Å². The van der Waals surface area contributed by atoms with Gasteiger partial charge in [-0.1, -0.05) is 92.5 Å². The molecule has 0 saturated carbocycles. The molecule has 7 rings (SSSR count). The Morgan fingerprint density at radius 2 is 1.19 bits per heavy atom. The van der Waals surface area contributed by atoms with Gasteiger partial charge in [0.1, 0.15) is 0 Å². The number of imide groups is 1. The van der Waals surface area contributed by atoms with E-state index in [2.05, 4.69) is 31.9 Å². The highest BCUT2D eigenvalue weighted by atomic mass is 79.9. The summed E-state index contributed by atoms with van der Waals surface area (Å²) < 4.78 is -1.76. The average Bonchev–Trinajstić information content (AvgIpc) is 3.08. The predicted octanol–water partition coefficient (Wildman–Crippen LogP) is 3.46. The Balaban J connectivity index is 1.63. The molecule has 3 aromatic carbocycles. The van der Waals surface area contributed by atoms with E-state index in [1.54, 1.807) is 6.07 Å². The molecule has 3 aliphatic carbocycles. The van der Waals surface area contributed by atoms with Crippen LogP contribution in [0.2, 0.25) is 0 Å². The zero-order chi connectivity index (χ0) is 22.4. The fourth-order valence-electron chi connectivity index (χ4n) is 5.69. The molecule has 5 nitrogen and oxygen atoms in total. The van der Waals surface area contributed by atoms with Gasteiger partial charge < -0.3 is 9.90 Å². The van der Waals surface area contributed by atoms with Crippen LogP contribution in [0.3, 0.4) is 0 Å². The Hall–Kier alpha value is -2.77. The van der Waals surface area contributed by atoms with E-state index in [1.165, 1.54) is 18.2 Å². The van der Waals surface area contributed by atoms with Crippen LogP contribution in [-0.4, -0.2) is 17.8 Å². The molecule has 4 aliphatic rings. The number of halogens is 2. The quantitative estimate of drug-likeness (QED) is 0.361. The number of hydrogen-bond acceptors (Lipinski definition) is 4. The van der Waals surface area contributed by atoms with Gasteiger partial charge in [0, 0.05) is 0 Å². The van der Waals surface area contributed by atoms with Gasteiger partial charge in [-0.3, -0.25) is 9.59 Å². The Morgan fingerprint density at radius 1 is 0.750 bits per heavy atom. The van der Waals surface area contributed by atoms with Crippen molar-refractivity contribution in [2.24, 2.45) is 11.8 Å². The van der Waals surface area contributed by atoms with Crippen molar-refractivity contribution in [1.29, 1.82) is 0 Å². The third-order valence-electron chi connectivity index (χ3n) is 6.93. The van der Waals surface area contributed by atoms with Gasteiger partial charge in [0.15, 0.2) is 0 Å². The van der Waals surface area contributed by atoms with Gasteiger partial charge in [-0.05, 0) is 39.9 Å². The van der Waals surface area contributed by atoms with Gasteiger partial charge in [-0.25, -0.2) is 4.90 Å². The summed E-state index contributed by atoms with van der Waals surface area (Å²) in [7, 11) is 0. The Morgan fingerprint density at radius 3 is 1.59 bits per heavy atom. The summed E-state index contributed by atoms with van der Waals surface area (Å²) in [5.74, 6) is -3.49. The van der Waals surface area contributed by atoms with E-state index in [9.17, 15) is 19.5 Å². The first-order valence-corrected chi connectivity index (χ1v) is 11.7. The van der Waals surface area contributed by atoms with Crippen LogP contribution in [0.25, 0.3) is 0 Å². The third-order valence-corrected chi connectivity index (χ3v) is 9.62. The van der Waals surface area contributed by atoms with E-state index in [4.69, 9.17) is 0 Å². The van der Waals surface area contributed by atoms with Crippen LogP contribution >= 0.6 is 31.9 Å². The number of benzene rings is 3. The van der Waals surface area contributed by atoms with Gasteiger partial charge in [0.25, 0.3) is 0 Å². The minimum Gasteiger partial charge on any atom is -0.545 e. The van der Waals surface area contributed by atoms with E-state index >= 15 is 0 Å². The van der Waals surface area contributed by atoms with Crippen molar-refractivity contribution in [3.8, 4) is 0 Å². The van der Waals surface area contributed by atoms with Crippen molar-refractivity contribution in [3.05, 3.63) is 101 Å². The first-order chi connectivity index (χ1) is 15.3. The lowest BCUT2D eigenvalue weighted by molar-refractivity contribution is -0.255. The fraction of sp³-hybridized carbons (Fsp3) is 0.160. The summed E-state index contributed by atoms with van der Waals surface area (Å²) in [4.78, 5) is 40.3. The van der Waals surface area contributed by atoms with E-state index in [-0.39, 0.29) is 23.1 Å². The largest absolute Gasteiger partial charge is 0.545 e. The first-order valence-electron chi connectivity index (χ1n) is 10.1. The van der Waals surface area contributed by atoms with Crippen LogP contribution in [0.1, 0.15) is 32.6 Å². The maximum absolute atomic E-state index is 13.9. The number of hydrogen-bond donors (Lipinski definition) is 0. The highest BCUT2D eigenvalue weighted by molar-refractivity contribution is 9.10. The van der Waals surface area contributed by atoms with Crippen LogP contribution in [0.5, 0.6) is 0 Å². The Bertz CT molecular complexity index is 1250. The normalized spacial score (nSPS) is 29.5. The SMILES string of the molecule is O=C([O-])c1cccc(N2C(=O)[C@@H]3[C@@H](C2=O)C2(Br)c4ccccc4C3(Br)c3ccccc32)c1. The van der Waals surface area contributed by atoms with Crippen LogP contribution < -0.4 is 10.0 Å². The molecule has 0 unspecified atom stereocenters. The number of carbonyl (C=O) groups is 3. The lowest BCUT2D eigenvalue weighted by Gasteiger charge is -2.55. The van der Waals surface area contributed by atoms with Crippen molar-refractivity contribution in [1.82, 2.24) is 0 Å². The lowest BCUT2D eigenvalue weighted by atomic mass is 9.54. The average molecular weight is 552 g/mol. The molecule has 2 amide bonds. The predicted molar refractivity (Wildman–Crippen MR) is 123 cm³/mol. The number of nitrogens with zero attached hydrogens (tertiary/aromatic N) is 1. The van der Waals surface area contributed by atoms with Crippen LogP contribution in [-0.2, 0) is 18.2 Å². The van der Waals surface area contributed by atoms with Crippen molar-refractivity contribution in [3.63, 3.8) is 0 Å². The minimum absolute atomic E-state index is 0.0883. The summed E-state index contributed by atoms with van der Waals surface area (Å²) in [6, 6.07) is 21.4. The maximum Gasteiger partial charge on any atom is 0.239 e. The number of rotatable bonds is 2. The summed E-state index contributed by atoms with van der Waals surface area (Å²) in [6.07, 6.45) is 0. The number of anilines is 1. The Labute approximate surface area is 200 Å². The summed E-state index contributed by atoms with van der Waals surface area (Å²) >= 11 is 7.88. The number of carboxylic acid groups (broad SMARTS) is 1. The molecular formula is C25H14Br2NO4-. The molecule has 0 spiro atoms. The molecule has 32 heavy (non-hydrogen) atoms. The third kappa shape index (κ3) is 2.16. The smallest absolute Gasteiger partial charge is 0.239 e. The Kier molecular flexibility index (Phi) is 3.97. The minimum atomic E-state index is -1.36. The second-order valence-electron chi connectivity index (χ2n) is 8.32. The van der Waals surface area contributed by atoms with Gasteiger partial charge in [-0.15, -0.1) is 0 Å². The van der Waals surface area contributed by atoms with Crippen molar-refractivity contribution in [2.75, 3.05) is 4.90 Å². The van der Waals surface area contributed by atoms with Gasteiger partial charge in [-0.2, -0.15) is 0 Å². The summed E-state index contributed by atoms with van der Waals surface area (Å²) in [5.41, 5.74) is 3.93. The summed E-state index contributed by atoms with van der Waals surface area (Å²) in [5, 5.41) is 11.4. The zero-order valence-corrected chi connectivity index (χ0v) is 19.6. The molecule has 0 radical (unpaired) electrons. The number of amides is 2. The van der Waals surface area contributed by atoms with Gasteiger partial charge in [0.05, 0.1) is 32.1 Å². The zero-order valence-electron chi connectivity index (χ0n) is 16.4. The molecule has 2 bridgehead atoms. The number of carbonyl (C=O) groups excluding carboxylic acids is 3. The maximum atomic E-state index is 13.9. The summed E-state index contributed by atoms with van der Waals surface area (Å²) in [6.45, 7) is 0. The molecule has 1 fully saturated rings. The van der Waals surface area contributed by atoms with E-state index in [1.807, 2.05) is 48.5 Å². The first kappa shape index (κ1) is 19.9. The number of alkyl halides is 2. The molecule has 1 saturated heterocycles. The monoisotopic (exact) mass is 550 g/mol. The van der Waals surface area contributed by atoms with Crippen LogP contribution in [0, 0.1) is 11.8 Å². The number of carboxylic acids is 1. The van der Waals surface area contributed by atoms with Gasteiger partial charge >= 0.3 is 0 Å². The standard InChI is InChI=1S/C25H15Br2NO4/c26-24-15-8-1-2-9-16(15)25(27,18-11-4-3-10-17(18)24)20-19(24)21(29)28(22(20)30)14-7-5-6-13(12-14)23(31)32/h1-12,19-20H,(H,31,32)/p-1/t19-,20-,24?,25?/m0/s1. The van der Waals surface area contributed by atoms with E-state index in [0.29, 0.717) is 0 Å². The molecular weight excluding hydrogens is 538 g/mol. The molecule has 0 N–H and O–H groups in total. The van der Waals surface area contributed by atoms with Crippen molar-refractivity contribution in [2.45, 2.75) is 8.65 Å². The topological polar surface area (TPSA) is 77.5 Å². The molecule has 3 aromatic rings. The lowest BCUT2D eigenvalue weighted by Crippen LogP contribution is -2.56. The molecule has 2 atom stereocenters. The van der Waals surface area contributed by atoms with Crippen LogP contribution in [0.4, 0.5) is 5.69 Å². The molecule has 0 aromatic heterocycles. The fourth-order valence-corrected chi connectivity index (χ4v) is 8.00. The van der Waals surface area contributed by atoms with E-state index < -0.39 is 26.5 Å². The second kappa shape index (κ2) is 6.39. The molecule has 1 heterocycles. The molecule has 1 aliphatic heterocycles. The number of aromatic carboxylic acids is 1. The van der Waals surface area contributed by atoms with Gasteiger partial charge in [0.2, 0.25) is 11.8 Å². The highest BCUT2D eigenvalue weighted by Crippen LogP contribution is 2.70. The highest BCUT2D eigenvalue weighted by Gasteiger charge is 2.72. The van der Waals surface area contributed by atoms with E-state index in [0.717, 1.165) is 27.2 Å². The molecule has 7 heteroatoms. The molecule has 158 valence electrons. The van der Waals surface area contributed by atoms with Crippen molar-refractivity contribution >= 4 is 55.3 Å². The second-order valence-corrected chi connectivity index (χ2v) is 10.8.